The largest absolute Gasteiger partial charge is 0.391 e. The highest BCUT2D eigenvalue weighted by molar-refractivity contribution is 6.30. The van der Waals surface area contributed by atoms with Crippen LogP contribution in [0.15, 0.2) is 12.2 Å². The minimum absolute atomic E-state index is 0.00825. The summed E-state index contributed by atoms with van der Waals surface area (Å²) < 4.78 is 48.4. The number of ether oxygens (including phenoxy) is 1. The molecule has 2 bridgehead atoms. The SMILES string of the molecule is CCO[C@@H]1C[C@H]2C(=O)NC3(CCC3)C(=O)N(C)[C@@H](C3CCCC3)C(=O)N(C)[C@H](C(=O)N(C)C)CC(=O)N(C)[C@@H](CC)C(=O)N[C@@H]([C@@H](C)CC)C(=O)N(C)CC(=O)N(C)[C@H]3C/C=C\CCN(C3=O)[C@@H](CC3CCC(C(F)(F)F)CC3)C(=O)N(C)CC(=O)N[C@@H](CCC3CCC(Cl)C(Cl)C3)C(=O)N2C1. The number of fused-ring (bicyclic) bond motifs is 3. The maximum absolute atomic E-state index is 15.5. The van der Waals surface area contributed by atoms with Gasteiger partial charge >= 0.3 is 6.18 Å². The Kier molecular flexibility index (Phi) is 29.8. The fraction of sp³-hybridized carbons (Fsp3) is 0.806. The minimum atomic E-state index is -4.44. The van der Waals surface area contributed by atoms with E-state index in [-0.39, 0.29) is 113 Å². The van der Waals surface area contributed by atoms with Gasteiger partial charge in [0.05, 0.1) is 36.9 Å². The Bertz CT molecular complexity index is 3040. The van der Waals surface area contributed by atoms with Gasteiger partial charge in [0.25, 0.3) is 0 Å². The van der Waals surface area contributed by atoms with E-state index in [4.69, 9.17) is 27.9 Å². The fourth-order valence-corrected chi connectivity index (χ4v) is 16.9. The van der Waals surface area contributed by atoms with Crippen molar-refractivity contribution in [1.29, 1.82) is 0 Å². The number of rotatable bonds is 12. The number of carbonyl (C=O) groups is 12. The predicted molar refractivity (Wildman–Crippen MR) is 376 cm³/mol. The molecule has 30 heteroatoms. The quantitative estimate of drug-likeness (QED) is 0.162. The first-order valence-corrected chi connectivity index (χ1v) is 37.9. The smallest absolute Gasteiger partial charge is 0.377 e. The highest BCUT2D eigenvalue weighted by Gasteiger charge is 2.54. The molecule has 1 spiro atoms. The second kappa shape index (κ2) is 36.6. The van der Waals surface area contributed by atoms with Crippen molar-refractivity contribution in [3.8, 4) is 0 Å². The van der Waals surface area contributed by atoms with Crippen LogP contribution < -0.4 is 16.0 Å². The molecular weight excluding hydrogens is 1370 g/mol. The summed E-state index contributed by atoms with van der Waals surface area (Å²) >= 11 is 13.3. The monoisotopic (exact) mass is 1480 g/mol. The summed E-state index contributed by atoms with van der Waals surface area (Å²) in [6, 6.07) is -10.2. The second-order valence-corrected chi connectivity index (χ2v) is 31.3. The zero-order chi connectivity index (χ0) is 75.4. The molecule has 0 aromatic rings. The molecule has 4 saturated carbocycles. The molecule has 0 aromatic carbocycles. The number of hydrogen-bond donors (Lipinski definition) is 3. The molecule has 7 aliphatic rings. The van der Waals surface area contributed by atoms with Crippen LogP contribution in [-0.2, 0) is 62.3 Å². The summed E-state index contributed by atoms with van der Waals surface area (Å²) in [4.78, 5) is 191. The first kappa shape index (κ1) is 83.0. The lowest BCUT2D eigenvalue weighted by Gasteiger charge is -2.46. The topological polar surface area (TPSA) is 279 Å². The number of amides is 12. The summed E-state index contributed by atoms with van der Waals surface area (Å²) in [5, 5.41) is 8.14. The molecular formula is C72H113Cl2F3N12O13. The minimum Gasteiger partial charge on any atom is -0.377 e. The molecule has 6 fully saturated rings. The van der Waals surface area contributed by atoms with Crippen LogP contribution in [0.25, 0.3) is 0 Å². The molecule has 102 heavy (non-hydrogen) atoms. The summed E-state index contributed by atoms with van der Waals surface area (Å²) in [7, 11) is 11.3. The lowest BCUT2D eigenvalue weighted by molar-refractivity contribution is -0.184. The lowest BCUT2D eigenvalue weighted by atomic mass is 9.74. The van der Waals surface area contributed by atoms with Gasteiger partial charge in [0, 0.05) is 87.9 Å². The van der Waals surface area contributed by atoms with Gasteiger partial charge in [0.2, 0.25) is 70.9 Å². The number of carbonyl (C=O) groups excluding carboxylic acids is 12. The fourth-order valence-electron chi connectivity index (χ4n) is 16.3. The van der Waals surface area contributed by atoms with E-state index in [1.807, 2.05) is 0 Å². The molecule has 2 saturated heterocycles. The van der Waals surface area contributed by atoms with Crippen LogP contribution in [-0.4, -0.2) is 281 Å². The summed E-state index contributed by atoms with van der Waals surface area (Å²) in [5.74, 6) is -11.1. The van der Waals surface area contributed by atoms with Gasteiger partial charge in [-0.05, 0) is 146 Å². The Morgan fingerprint density at radius 2 is 1.31 bits per heavy atom. The zero-order valence-corrected chi connectivity index (χ0v) is 63.4. The predicted octanol–water partition coefficient (Wildman–Crippen LogP) is 5.47. The van der Waals surface area contributed by atoms with Gasteiger partial charge in [-0.2, -0.15) is 13.2 Å². The van der Waals surface area contributed by atoms with Crippen molar-refractivity contribution >= 4 is 94.1 Å². The molecule has 4 aliphatic carbocycles. The van der Waals surface area contributed by atoms with Crippen LogP contribution in [0.3, 0.4) is 0 Å². The first-order chi connectivity index (χ1) is 48.1. The molecule has 3 heterocycles. The van der Waals surface area contributed by atoms with Gasteiger partial charge in [-0.25, -0.2) is 0 Å². The molecule has 25 nitrogen and oxygen atoms in total. The third-order valence-electron chi connectivity index (χ3n) is 23.1. The van der Waals surface area contributed by atoms with Crippen molar-refractivity contribution in [1.82, 2.24) is 60.0 Å². The van der Waals surface area contributed by atoms with Gasteiger partial charge < -0.3 is 64.8 Å². The average Bonchev–Trinajstić information content (AvgIpc) is 0.886. The number of nitrogens with zero attached hydrogens (tertiary/aromatic N) is 9. The van der Waals surface area contributed by atoms with Gasteiger partial charge in [0.1, 0.15) is 53.9 Å². The number of alkyl halides is 5. The van der Waals surface area contributed by atoms with Crippen LogP contribution in [0, 0.1) is 29.6 Å². The average molecular weight is 1480 g/mol. The second-order valence-electron chi connectivity index (χ2n) is 30.2. The van der Waals surface area contributed by atoms with Crippen molar-refractivity contribution in [2.24, 2.45) is 29.6 Å². The highest BCUT2D eigenvalue weighted by Crippen LogP contribution is 2.43. The van der Waals surface area contributed by atoms with Crippen LogP contribution in [0.1, 0.15) is 175 Å². The molecule has 0 aromatic heterocycles. The molecule has 3 aliphatic heterocycles. The molecule has 0 radical (unpaired) electrons. The van der Waals surface area contributed by atoms with Crippen molar-refractivity contribution < 1.29 is 75.4 Å². The van der Waals surface area contributed by atoms with Gasteiger partial charge in [-0.1, -0.05) is 52.2 Å². The summed E-state index contributed by atoms with van der Waals surface area (Å²) in [5.41, 5.74) is -1.55. The van der Waals surface area contributed by atoms with E-state index in [9.17, 15) is 41.9 Å². The van der Waals surface area contributed by atoms with Crippen LogP contribution >= 0.6 is 23.2 Å². The third-order valence-corrected chi connectivity index (χ3v) is 24.3. The Balaban J connectivity index is 1.30. The van der Waals surface area contributed by atoms with Gasteiger partial charge in [-0.15, -0.1) is 23.2 Å². The normalized spacial score (nSPS) is 32.2. The van der Waals surface area contributed by atoms with E-state index >= 15 is 28.8 Å². The Morgan fingerprint density at radius 1 is 0.667 bits per heavy atom. The molecule has 13 atom stereocenters. The Labute approximate surface area is 610 Å². The van der Waals surface area contributed by atoms with Crippen molar-refractivity contribution in [3.63, 3.8) is 0 Å². The van der Waals surface area contributed by atoms with Gasteiger partial charge in [0.15, 0.2) is 0 Å². The molecule has 574 valence electrons. The third kappa shape index (κ3) is 20.0. The maximum atomic E-state index is 15.5. The lowest BCUT2D eigenvalue weighted by Crippen LogP contribution is -2.68. The van der Waals surface area contributed by atoms with E-state index in [1.165, 1.54) is 85.8 Å². The molecule has 3 unspecified atom stereocenters. The number of hydrogen-bond acceptors (Lipinski definition) is 13. The first-order valence-electron chi connectivity index (χ1n) is 37.0. The van der Waals surface area contributed by atoms with Crippen LogP contribution in [0.2, 0.25) is 0 Å². The van der Waals surface area contributed by atoms with Crippen molar-refractivity contribution in [2.45, 2.75) is 252 Å². The number of nitrogens with one attached hydrogen (secondary N) is 3. The van der Waals surface area contributed by atoms with E-state index in [1.54, 1.807) is 39.8 Å². The van der Waals surface area contributed by atoms with Crippen LogP contribution in [0.4, 0.5) is 13.2 Å². The van der Waals surface area contributed by atoms with E-state index in [0.29, 0.717) is 51.4 Å². The number of halogens is 5. The van der Waals surface area contributed by atoms with Crippen molar-refractivity contribution in [3.05, 3.63) is 12.2 Å². The van der Waals surface area contributed by atoms with E-state index in [2.05, 4.69) is 16.0 Å². The van der Waals surface area contributed by atoms with Gasteiger partial charge in [-0.3, -0.25) is 57.5 Å². The maximum Gasteiger partial charge on any atom is 0.391 e. The summed E-state index contributed by atoms with van der Waals surface area (Å²) in [6.07, 6.45) is 3.82. The zero-order valence-electron chi connectivity index (χ0n) is 61.9. The number of likely N-dealkylation sites (N-methyl/N-ethyl adjacent to an activating group) is 7. The van der Waals surface area contributed by atoms with E-state index in [0.717, 1.165) is 27.5 Å². The van der Waals surface area contributed by atoms with Crippen molar-refractivity contribution in [2.75, 3.05) is 89.2 Å². The molecule has 3 N–H and O–H groups in total. The van der Waals surface area contributed by atoms with Crippen LogP contribution in [0.5, 0.6) is 0 Å². The summed E-state index contributed by atoms with van der Waals surface area (Å²) in [6.45, 7) is 5.79. The van der Waals surface area contributed by atoms with E-state index < -0.39 is 180 Å². The molecule has 7 rings (SSSR count). The Morgan fingerprint density at radius 3 is 1.90 bits per heavy atom. The Hall–Kier alpha value is -6.29. The molecule has 12 amide bonds. The standard InChI is InChI=1S/C72H113Cl2F3N12O13/c1-13-43(4)60-68(99)83(8)42-59(92)85(10)53-24-17-16-20-35-88(67(53)98)56(37-45-25-29-47(30-26-45)72(75,76)77)66(97)82(7)41-57(90)78-51(32-28-44-27-31-49(73)50(74)36-44)64(95)89-40-48(102-15-3)38-54(89)63(94)80-71(33-21-34-71)70(101)87(12)61(46-22-18-19-23-46)69(100)86(11)55(65(96)81(5)6)39-58(91)84(9)52(14-2)62(93)79-60/h16-17,43-56,60-61H,13-15,18-42H2,1-12H3,(H,78,90)(H,79,93)(H,80,94)/b17-16-/t43-,44?,45?,47?,48+,49?,50?,51-,52-,53-,54-,55-,56-,60-,61-/m0/s1. The highest BCUT2D eigenvalue weighted by atomic mass is 35.5.